The van der Waals surface area contributed by atoms with Crippen molar-refractivity contribution in [3.63, 3.8) is 0 Å². The van der Waals surface area contributed by atoms with Crippen molar-refractivity contribution in [2.45, 2.75) is 38.8 Å². The van der Waals surface area contributed by atoms with Crippen LogP contribution in [0.25, 0.3) is 0 Å². The maximum atomic E-state index is 9.54. The van der Waals surface area contributed by atoms with E-state index in [1.807, 2.05) is 12.1 Å². The Labute approximate surface area is 116 Å². The molecule has 1 fully saturated rings. The summed E-state index contributed by atoms with van der Waals surface area (Å²) in [6.45, 7) is 7.31. The summed E-state index contributed by atoms with van der Waals surface area (Å²) >= 11 is 0. The summed E-state index contributed by atoms with van der Waals surface area (Å²) in [4.78, 5) is 9.35. The van der Waals surface area contributed by atoms with Crippen LogP contribution in [0.1, 0.15) is 38.4 Å². The van der Waals surface area contributed by atoms with E-state index in [0.717, 1.165) is 37.4 Å². The Morgan fingerprint density at radius 3 is 2.79 bits per heavy atom. The smallest absolute Gasteiger partial charge is 0.128 e. The number of likely N-dealkylation sites (N-methyl/N-ethyl adjacent to an activating group) is 1. The monoisotopic (exact) mass is 263 g/mol. The molecule has 0 bridgehead atoms. The molecule has 1 aliphatic heterocycles. The second-order valence-corrected chi connectivity index (χ2v) is 5.50. The lowest BCUT2D eigenvalue weighted by atomic mass is 10.1. The van der Waals surface area contributed by atoms with Gasteiger partial charge in [0.2, 0.25) is 0 Å². The highest BCUT2D eigenvalue weighted by Gasteiger charge is 2.22. The van der Waals surface area contributed by atoms with Crippen LogP contribution in [-0.4, -0.2) is 47.7 Å². The first-order valence-corrected chi connectivity index (χ1v) is 7.21. The predicted molar refractivity (Wildman–Crippen MR) is 78.4 cm³/mol. The minimum atomic E-state index is -0.446. The Bertz CT molecular complexity index is 391. The van der Waals surface area contributed by atoms with Crippen LogP contribution >= 0.6 is 0 Å². The average molecular weight is 263 g/mol. The van der Waals surface area contributed by atoms with Crippen molar-refractivity contribution < 1.29 is 5.11 Å². The molecule has 1 aliphatic rings. The maximum Gasteiger partial charge on any atom is 0.128 e. The first-order valence-electron chi connectivity index (χ1n) is 7.21. The molecule has 2 rings (SSSR count). The van der Waals surface area contributed by atoms with Gasteiger partial charge in [-0.1, -0.05) is 13.0 Å². The molecule has 106 valence electrons. The summed E-state index contributed by atoms with van der Waals surface area (Å²) in [5.41, 5.74) is 0.878. The fourth-order valence-electron chi connectivity index (χ4n) is 2.71. The highest BCUT2D eigenvalue weighted by Crippen LogP contribution is 2.21. The van der Waals surface area contributed by atoms with Crippen molar-refractivity contribution in [1.29, 1.82) is 0 Å². The number of hydrogen-bond acceptors (Lipinski definition) is 4. The Morgan fingerprint density at radius 1 is 1.42 bits per heavy atom. The Morgan fingerprint density at radius 2 is 2.21 bits per heavy atom. The van der Waals surface area contributed by atoms with Crippen LogP contribution in [0.5, 0.6) is 0 Å². The van der Waals surface area contributed by atoms with Crippen LogP contribution in [0.4, 0.5) is 5.82 Å². The van der Waals surface area contributed by atoms with Gasteiger partial charge in [0.15, 0.2) is 0 Å². The molecule has 0 saturated carbocycles. The van der Waals surface area contributed by atoms with E-state index in [2.05, 4.69) is 28.8 Å². The van der Waals surface area contributed by atoms with E-state index in [0.29, 0.717) is 6.04 Å². The summed E-state index contributed by atoms with van der Waals surface area (Å²) in [5, 5.41) is 9.54. The molecule has 0 aliphatic carbocycles. The van der Waals surface area contributed by atoms with Gasteiger partial charge in [0.1, 0.15) is 5.82 Å². The second-order valence-electron chi connectivity index (χ2n) is 5.50. The van der Waals surface area contributed by atoms with Gasteiger partial charge in [-0.05, 0) is 45.0 Å². The van der Waals surface area contributed by atoms with Gasteiger partial charge >= 0.3 is 0 Å². The number of aliphatic hydroxyl groups is 1. The van der Waals surface area contributed by atoms with Gasteiger partial charge in [0, 0.05) is 25.3 Å². The number of rotatable bonds is 3. The molecule has 1 N–H and O–H groups in total. The van der Waals surface area contributed by atoms with Gasteiger partial charge in [-0.3, -0.25) is 0 Å². The first kappa shape index (κ1) is 14.3. The van der Waals surface area contributed by atoms with Crippen molar-refractivity contribution in [1.82, 2.24) is 9.88 Å². The molecular weight excluding hydrogens is 238 g/mol. The molecule has 19 heavy (non-hydrogen) atoms. The lowest BCUT2D eigenvalue weighted by Gasteiger charge is -2.31. The number of nitrogens with zero attached hydrogens (tertiary/aromatic N) is 3. The van der Waals surface area contributed by atoms with Crippen molar-refractivity contribution in [2.75, 3.05) is 31.6 Å². The van der Waals surface area contributed by atoms with E-state index < -0.39 is 6.10 Å². The van der Waals surface area contributed by atoms with E-state index >= 15 is 0 Å². The molecule has 0 spiro atoms. The van der Waals surface area contributed by atoms with Crippen LogP contribution in [-0.2, 0) is 0 Å². The highest BCUT2D eigenvalue weighted by molar-refractivity contribution is 5.41. The first-order chi connectivity index (χ1) is 9.11. The highest BCUT2D eigenvalue weighted by atomic mass is 16.3. The third-order valence-corrected chi connectivity index (χ3v) is 3.92. The Hall–Kier alpha value is -1.13. The third kappa shape index (κ3) is 3.45. The lowest BCUT2D eigenvalue weighted by Crippen LogP contribution is -2.40. The van der Waals surface area contributed by atoms with Gasteiger partial charge < -0.3 is 14.9 Å². The van der Waals surface area contributed by atoms with Crippen LogP contribution in [0.3, 0.4) is 0 Å². The van der Waals surface area contributed by atoms with E-state index in [9.17, 15) is 5.11 Å². The van der Waals surface area contributed by atoms with Gasteiger partial charge in [0.25, 0.3) is 0 Å². The van der Waals surface area contributed by atoms with Crippen molar-refractivity contribution in [2.24, 2.45) is 0 Å². The van der Waals surface area contributed by atoms with E-state index in [1.165, 1.54) is 6.42 Å². The number of pyridine rings is 1. The van der Waals surface area contributed by atoms with Gasteiger partial charge in [0.05, 0.1) is 6.10 Å². The van der Waals surface area contributed by atoms with E-state index in [-0.39, 0.29) is 0 Å². The van der Waals surface area contributed by atoms with Gasteiger partial charge in [-0.15, -0.1) is 0 Å². The minimum Gasteiger partial charge on any atom is -0.389 e. The minimum absolute atomic E-state index is 0.446. The molecule has 4 nitrogen and oxygen atoms in total. The third-order valence-electron chi connectivity index (χ3n) is 3.92. The normalized spacial score (nSPS) is 23.2. The number of aromatic nitrogens is 1. The average Bonchev–Trinajstić information content (AvgIpc) is 2.60. The standard InChI is InChI=1S/C15H25N3O/c1-4-14-11-17(3)8-5-9-18(14)15-7-6-13(10-16-15)12(2)19/h6-7,10,12,14,19H,4-5,8-9,11H2,1-3H3/t12-,14?/m0/s1. The van der Waals surface area contributed by atoms with Crippen LogP contribution in [0, 0.1) is 0 Å². The topological polar surface area (TPSA) is 39.6 Å². The molecule has 2 atom stereocenters. The fourth-order valence-corrected chi connectivity index (χ4v) is 2.71. The maximum absolute atomic E-state index is 9.54. The summed E-state index contributed by atoms with van der Waals surface area (Å²) in [5.74, 6) is 1.03. The van der Waals surface area contributed by atoms with Crippen molar-refractivity contribution in [3.05, 3.63) is 23.9 Å². The number of anilines is 1. The molecule has 4 heteroatoms. The summed E-state index contributed by atoms with van der Waals surface area (Å²) in [6.07, 6.45) is 3.65. The quantitative estimate of drug-likeness (QED) is 0.906. The zero-order valence-corrected chi connectivity index (χ0v) is 12.2. The zero-order valence-electron chi connectivity index (χ0n) is 12.2. The zero-order chi connectivity index (χ0) is 13.8. The molecule has 1 saturated heterocycles. The SMILES string of the molecule is CCC1CN(C)CCCN1c1ccc([C@H](C)O)cn1. The molecular formula is C15H25N3O. The molecule has 0 amide bonds. The lowest BCUT2D eigenvalue weighted by molar-refractivity contribution is 0.199. The Balaban J connectivity index is 2.17. The predicted octanol–water partition coefficient (Wildman–Crippen LogP) is 2.06. The number of hydrogen-bond donors (Lipinski definition) is 1. The molecule has 1 aromatic heterocycles. The Kier molecular flexibility index (Phi) is 4.77. The van der Waals surface area contributed by atoms with Gasteiger partial charge in [-0.25, -0.2) is 4.98 Å². The molecule has 0 aromatic carbocycles. The number of aliphatic hydroxyl groups excluding tert-OH is 1. The van der Waals surface area contributed by atoms with Crippen molar-refractivity contribution in [3.8, 4) is 0 Å². The molecule has 0 radical (unpaired) electrons. The van der Waals surface area contributed by atoms with Crippen molar-refractivity contribution >= 4 is 5.82 Å². The van der Waals surface area contributed by atoms with Crippen LogP contribution < -0.4 is 4.90 Å². The van der Waals surface area contributed by atoms with E-state index in [4.69, 9.17) is 0 Å². The fraction of sp³-hybridized carbons (Fsp3) is 0.667. The van der Waals surface area contributed by atoms with E-state index in [1.54, 1.807) is 13.1 Å². The van der Waals surface area contributed by atoms with Crippen LogP contribution in [0.2, 0.25) is 0 Å². The molecule has 2 heterocycles. The summed E-state index contributed by atoms with van der Waals surface area (Å²) < 4.78 is 0. The summed E-state index contributed by atoms with van der Waals surface area (Å²) in [6, 6.07) is 4.54. The molecule has 1 unspecified atom stereocenters. The van der Waals surface area contributed by atoms with Crippen LogP contribution in [0.15, 0.2) is 18.3 Å². The molecule has 1 aromatic rings. The largest absolute Gasteiger partial charge is 0.389 e. The summed E-state index contributed by atoms with van der Waals surface area (Å²) in [7, 11) is 2.19. The van der Waals surface area contributed by atoms with Gasteiger partial charge in [-0.2, -0.15) is 0 Å². The second kappa shape index (κ2) is 6.35.